The number of nitrogens with zero attached hydrogens (tertiary/aromatic N) is 4. The zero-order chi connectivity index (χ0) is 24.4. The minimum atomic E-state index is -3.51. The highest BCUT2D eigenvalue weighted by Crippen LogP contribution is 2.31. The van der Waals surface area contributed by atoms with Crippen LogP contribution in [0.4, 0.5) is 5.13 Å². The van der Waals surface area contributed by atoms with Crippen molar-refractivity contribution in [2.75, 3.05) is 44.2 Å². The van der Waals surface area contributed by atoms with E-state index in [2.05, 4.69) is 30.0 Å². The van der Waals surface area contributed by atoms with Gasteiger partial charge in [0.15, 0.2) is 5.13 Å². The molecule has 1 aromatic heterocycles. The standard InChI is InChI=1S/C26H32N4O3S2/c1-2-20-8-7-9-23-24(20)27-26(34-23)29-18-16-28(17-19-29)25(31)21-10-12-22(13-11-21)35(32,33)30-14-5-3-4-6-15-30/h7-13H,2-6,14-19H2,1H3. The maximum Gasteiger partial charge on any atom is 0.253 e. The monoisotopic (exact) mass is 512 g/mol. The molecule has 1 amide bonds. The average molecular weight is 513 g/mol. The van der Waals surface area contributed by atoms with E-state index in [9.17, 15) is 13.2 Å². The van der Waals surface area contributed by atoms with Gasteiger partial charge in [-0.05, 0) is 55.2 Å². The van der Waals surface area contributed by atoms with Crippen LogP contribution in [-0.4, -0.2) is 67.8 Å². The Morgan fingerprint density at radius 2 is 1.60 bits per heavy atom. The van der Waals surface area contributed by atoms with Crippen molar-refractivity contribution in [1.29, 1.82) is 0 Å². The Morgan fingerprint density at radius 3 is 2.26 bits per heavy atom. The Morgan fingerprint density at radius 1 is 0.914 bits per heavy atom. The van der Waals surface area contributed by atoms with Crippen molar-refractivity contribution in [3.63, 3.8) is 0 Å². The summed E-state index contributed by atoms with van der Waals surface area (Å²) < 4.78 is 28.8. The van der Waals surface area contributed by atoms with Crippen LogP contribution < -0.4 is 4.90 Å². The maximum atomic E-state index is 13.1. The van der Waals surface area contributed by atoms with Gasteiger partial charge >= 0.3 is 0 Å². The highest BCUT2D eigenvalue weighted by Gasteiger charge is 2.27. The lowest BCUT2D eigenvalue weighted by molar-refractivity contribution is 0.0746. The Bertz CT molecular complexity index is 1290. The normalized spacial score (nSPS) is 18.1. The second-order valence-corrected chi connectivity index (χ2v) is 12.2. The van der Waals surface area contributed by atoms with Gasteiger partial charge in [-0.15, -0.1) is 0 Å². The SMILES string of the molecule is CCc1cccc2sc(N3CCN(C(=O)c4ccc(S(=O)(=O)N5CCCCCC5)cc4)CC3)nc12. The van der Waals surface area contributed by atoms with E-state index < -0.39 is 10.0 Å². The molecule has 2 aliphatic heterocycles. The second kappa shape index (κ2) is 10.2. The molecule has 35 heavy (non-hydrogen) atoms. The Kier molecular flexibility index (Phi) is 7.09. The molecule has 2 saturated heterocycles. The fourth-order valence-corrected chi connectivity index (χ4v) is 7.48. The number of hydrogen-bond acceptors (Lipinski definition) is 6. The van der Waals surface area contributed by atoms with E-state index in [-0.39, 0.29) is 10.8 Å². The van der Waals surface area contributed by atoms with Crippen molar-refractivity contribution in [2.45, 2.75) is 43.9 Å². The molecule has 0 aliphatic carbocycles. The molecule has 0 unspecified atom stereocenters. The molecular weight excluding hydrogens is 480 g/mol. The van der Waals surface area contributed by atoms with E-state index in [1.165, 1.54) is 10.3 Å². The molecule has 0 atom stereocenters. The first kappa shape index (κ1) is 24.2. The number of carbonyl (C=O) groups is 1. The highest BCUT2D eigenvalue weighted by atomic mass is 32.2. The number of amides is 1. The molecule has 0 radical (unpaired) electrons. The summed E-state index contributed by atoms with van der Waals surface area (Å²) in [6, 6.07) is 12.8. The number of benzene rings is 2. The molecule has 0 N–H and O–H groups in total. The van der Waals surface area contributed by atoms with Crippen LogP contribution in [0, 0.1) is 0 Å². The van der Waals surface area contributed by atoms with Crippen LogP contribution in [0.3, 0.4) is 0 Å². The van der Waals surface area contributed by atoms with Gasteiger partial charge in [0.05, 0.1) is 15.1 Å². The summed E-state index contributed by atoms with van der Waals surface area (Å²) in [5.74, 6) is -0.0547. The van der Waals surface area contributed by atoms with Gasteiger partial charge in [-0.2, -0.15) is 4.31 Å². The number of fused-ring (bicyclic) bond motifs is 1. The number of rotatable bonds is 5. The largest absolute Gasteiger partial charge is 0.345 e. The lowest BCUT2D eigenvalue weighted by Crippen LogP contribution is -2.48. The van der Waals surface area contributed by atoms with Crippen LogP contribution in [0.25, 0.3) is 10.2 Å². The summed E-state index contributed by atoms with van der Waals surface area (Å²) in [6.07, 6.45) is 4.91. The van der Waals surface area contributed by atoms with Crippen LogP contribution in [0.2, 0.25) is 0 Å². The third-order valence-corrected chi connectivity index (χ3v) is 10.0. The van der Waals surface area contributed by atoms with E-state index in [0.29, 0.717) is 31.7 Å². The summed E-state index contributed by atoms with van der Waals surface area (Å²) >= 11 is 1.71. The number of aryl methyl sites for hydroxylation is 1. The molecular formula is C26H32N4O3S2. The number of aromatic nitrogens is 1. The Hall–Kier alpha value is -2.49. The molecule has 5 rings (SSSR count). The number of carbonyl (C=O) groups excluding carboxylic acids is 1. The molecule has 0 bridgehead atoms. The first-order valence-corrected chi connectivity index (χ1v) is 14.8. The van der Waals surface area contributed by atoms with Gasteiger partial charge in [0.2, 0.25) is 10.0 Å². The van der Waals surface area contributed by atoms with Crippen LogP contribution in [0.15, 0.2) is 47.4 Å². The van der Waals surface area contributed by atoms with Gasteiger partial charge in [0.1, 0.15) is 0 Å². The fourth-order valence-electron chi connectivity index (χ4n) is 4.90. The molecule has 3 aromatic rings. The predicted octanol–water partition coefficient (Wildman–Crippen LogP) is 4.39. The molecule has 2 aromatic carbocycles. The number of piperazine rings is 1. The molecule has 2 aliphatic rings. The first-order valence-electron chi connectivity index (χ1n) is 12.5. The fraction of sp³-hybridized carbons (Fsp3) is 0.462. The van der Waals surface area contributed by atoms with Crippen molar-refractivity contribution in [2.24, 2.45) is 0 Å². The number of thiazole rings is 1. The summed E-state index contributed by atoms with van der Waals surface area (Å²) in [7, 11) is -3.51. The van der Waals surface area contributed by atoms with Crippen molar-refractivity contribution in [3.8, 4) is 0 Å². The van der Waals surface area contributed by atoms with Crippen LogP contribution in [0.5, 0.6) is 0 Å². The quantitative estimate of drug-likeness (QED) is 0.507. The topological polar surface area (TPSA) is 73.8 Å². The molecule has 7 nitrogen and oxygen atoms in total. The molecule has 2 fully saturated rings. The minimum Gasteiger partial charge on any atom is -0.345 e. The third kappa shape index (κ3) is 4.94. The van der Waals surface area contributed by atoms with Crippen LogP contribution >= 0.6 is 11.3 Å². The summed E-state index contributed by atoms with van der Waals surface area (Å²) in [5, 5.41) is 1.01. The molecule has 9 heteroatoms. The highest BCUT2D eigenvalue weighted by molar-refractivity contribution is 7.89. The third-order valence-electron chi connectivity index (χ3n) is 7.01. The molecule has 3 heterocycles. The lowest BCUT2D eigenvalue weighted by Gasteiger charge is -2.34. The zero-order valence-electron chi connectivity index (χ0n) is 20.1. The second-order valence-electron chi connectivity index (χ2n) is 9.24. The molecule has 0 saturated carbocycles. The Balaban J connectivity index is 1.23. The Labute approximate surface area is 211 Å². The summed E-state index contributed by atoms with van der Waals surface area (Å²) in [6.45, 7) is 5.98. The number of para-hydroxylation sites is 1. The lowest BCUT2D eigenvalue weighted by atomic mass is 10.1. The predicted molar refractivity (Wildman–Crippen MR) is 141 cm³/mol. The number of sulfonamides is 1. The molecule has 0 spiro atoms. The minimum absolute atomic E-state index is 0.0547. The first-order chi connectivity index (χ1) is 17.0. The van der Waals surface area contributed by atoms with Crippen LogP contribution in [0.1, 0.15) is 48.5 Å². The van der Waals surface area contributed by atoms with Crippen LogP contribution in [-0.2, 0) is 16.4 Å². The van der Waals surface area contributed by atoms with E-state index >= 15 is 0 Å². The summed E-state index contributed by atoms with van der Waals surface area (Å²) in [5.41, 5.74) is 2.88. The molecule has 186 valence electrons. The van der Waals surface area contributed by atoms with E-state index in [1.807, 2.05) is 4.90 Å². The van der Waals surface area contributed by atoms with Crippen molar-refractivity contribution in [1.82, 2.24) is 14.2 Å². The van der Waals surface area contributed by atoms with Gasteiger partial charge in [-0.1, -0.05) is 43.2 Å². The average Bonchev–Trinajstić information content (AvgIpc) is 3.14. The summed E-state index contributed by atoms with van der Waals surface area (Å²) in [4.78, 5) is 22.4. The van der Waals surface area contributed by atoms with Gasteiger partial charge in [0, 0.05) is 44.8 Å². The van der Waals surface area contributed by atoms with Gasteiger partial charge in [0.25, 0.3) is 5.91 Å². The van der Waals surface area contributed by atoms with Crippen molar-refractivity contribution < 1.29 is 13.2 Å². The number of anilines is 1. The van der Waals surface area contributed by atoms with Gasteiger partial charge < -0.3 is 9.80 Å². The zero-order valence-corrected chi connectivity index (χ0v) is 21.8. The van der Waals surface area contributed by atoms with Crippen molar-refractivity contribution >= 4 is 42.6 Å². The number of hydrogen-bond donors (Lipinski definition) is 0. The van der Waals surface area contributed by atoms with Crippen molar-refractivity contribution in [3.05, 3.63) is 53.6 Å². The van der Waals surface area contributed by atoms with E-state index in [1.54, 1.807) is 39.9 Å². The van der Waals surface area contributed by atoms with E-state index in [4.69, 9.17) is 4.98 Å². The van der Waals surface area contributed by atoms with E-state index in [0.717, 1.165) is 55.8 Å². The smallest absolute Gasteiger partial charge is 0.253 e. The van der Waals surface area contributed by atoms with Gasteiger partial charge in [-0.25, -0.2) is 13.4 Å². The van der Waals surface area contributed by atoms with Gasteiger partial charge in [-0.3, -0.25) is 4.79 Å². The maximum absolute atomic E-state index is 13.1.